The number of aliphatic hydroxyl groups is 1. The van der Waals surface area contributed by atoms with Crippen molar-refractivity contribution in [1.29, 1.82) is 0 Å². The van der Waals surface area contributed by atoms with Gasteiger partial charge in [0.15, 0.2) is 0 Å². The molecule has 0 aliphatic carbocycles. The van der Waals surface area contributed by atoms with Crippen LogP contribution in [0.4, 0.5) is 0 Å². The number of nitrogens with one attached hydrogen (secondary N) is 1. The van der Waals surface area contributed by atoms with Crippen molar-refractivity contribution >= 4 is 5.91 Å². The molecule has 1 unspecified atom stereocenters. The summed E-state index contributed by atoms with van der Waals surface area (Å²) in [5.41, 5.74) is 2.14. The van der Waals surface area contributed by atoms with Crippen molar-refractivity contribution in [3.63, 3.8) is 0 Å². The summed E-state index contributed by atoms with van der Waals surface area (Å²) in [6.45, 7) is 0.354. The van der Waals surface area contributed by atoms with Gasteiger partial charge >= 0.3 is 0 Å². The zero-order chi connectivity index (χ0) is 19.8. The van der Waals surface area contributed by atoms with Crippen LogP contribution in [0, 0.1) is 0 Å². The molecule has 3 aromatic carbocycles. The number of ether oxygens (including phenoxy) is 1. The number of rotatable bonds is 8. The van der Waals surface area contributed by atoms with Crippen molar-refractivity contribution < 1.29 is 19.7 Å². The first kappa shape index (κ1) is 19.5. The first-order valence-corrected chi connectivity index (χ1v) is 9.14. The van der Waals surface area contributed by atoms with E-state index in [1.54, 1.807) is 6.07 Å². The molecular formula is C23H23NO4. The third-order valence-corrected chi connectivity index (χ3v) is 4.31. The average Bonchev–Trinajstić information content (AvgIpc) is 2.73. The molecule has 3 rings (SSSR count). The van der Waals surface area contributed by atoms with E-state index < -0.39 is 12.1 Å². The maximum atomic E-state index is 12.4. The van der Waals surface area contributed by atoms with E-state index in [-0.39, 0.29) is 11.3 Å². The highest BCUT2D eigenvalue weighted by Gasteiger charge is 2.16. The van der Waals surface area contributed by atoms with Gasteiger partial charge in [-0.1, -0.05) is 60.7 Å². The highest BCUT2D eigenvalue weighted by atomic mass is 16.5. The van der Waals surface area contributed by atoms with Crippen LogP contribution in [0.25, 0.3) is 0 Å². The maximum Gasteiger partial charge on any atom is 0.257 e. The molecule has 5 heteroatoms. The molecule has 5 nitrogen and oxygen atoms in total. The second-order valence-corrected chi connectivity index (χ2v) is 6.47. The van der Waals surface area contributed by atoms with Gasteiger partial charge in [-0.15, -0.1) is 0 Å². The number of carbonyl (C=O) groups is 1. The SMILES string of the molecule is O=C(NC(O)CCc1ccccc1)c1cc(OCc2ccccc2)ccc1O. The van der Waals surface area contributed by atoms with E-state index in [1.165, 1.54) is 12.1 Å². The zero-order valence-electron chi connectivity index (χ0n) is 15.4. The van der Waals surface area contributed by atoms with E-state index >= 15 is 0 Å². The summed E-state index contributed by atoms with van der Waals surface area (Å²) in [5, 5.41) is 22.6. The molecule has 0 radical (unpaired) electrons. The van der Waals surface area contributed by atoms with Crippen LogP contribution in [0.3, 0.4) is 0 Å². The Bertz CT molecular complexity index is 897. The molecule has 0 saturated heterocycles. The van der Waals surface area contributed by atoms with E-state index in [9.17, 15) is 15.0 Å². The van der Waals surface area contributed by atoms with Gasteiger partial charge in [0.25, 0.3) is 5.91 Å². The molecule has 0 bridgehead atoms. The number of benzene rings is 3. The Labute approximate surface area is 164 Å². The standard InChI is InChI=1S/C23H23NO4/c25-21-13-12-19(28-16-18-9-5-2-6-10-18)15-20(21)23(27)24-22(26)14-11-17-7-3-1-4-8-17/h1-10,12-13,15,22,25-26H,11,14,16H2,(H,24,27). The Morgan fingerprint density at radius 3 is 2.25 bits per heavy atom. The van der Waals surface area contributed by atoms with E-state index in [0.29, 0.717) is 25.2 Å². The summed E-state index contributed by atoms with van der Waals surface area (Å²) < 4.78 is 5.69. The van der Waals surface area contributed by atoms with Crippen LogP contribution in [0.15, 0.2) is 78.9 Å². The van der Waals surface area contributed by atoms with Crippen LogP contribution < -0.4 is 10.1 Å². The third-order valence-electron chi connectivity index (χ3n) is 4.31. The monoisotopic (exact) mass is 377 g/mol. The Hall–Kier alpha value is -3.31. The van der Waals surface area contributed by atoms with E-state index in [2.05, 4.69) is 5.32 Å². The predicted molar refractivity (Wildman–Crippen MR) is 107 cm³/mol. The van der Waals surface area contributed by atoms with Crippen LogP contribution in [0.1, 0.15) is 27.9 Å². The number of phenols is 1. The van der Waals surface area contributed by atoms with E-state index in [1.807, 2.05) is 60.7 Å². The van der Waals surface area contributed by atoms with Gasteiger partial charge in [-0.2, -0.15) is 0 Å². The molecule has 3 aromatic rings. The number of carbonyl (C=O) groups excluding carboxylic acids is 1. The van der Waals surface area contributed by atoms with Gasteiger partial charge < -0.3 is 20.3 Å². The highest BCUT2D eigenvalue weighted by molar-refractivity contribution is 5.97. The molecular weight excluding hydrogens is 354 g/mol. The van der Waals surface area contributed by atoms with Crippen LogP contribution in [0.2, 0.25) is 0 Å². The Morgan fingerprint density at radius 1 is 0.929 bits per heavy atom. The second kappa shape index (κ2) is 9.58. The minimum absolute atomic E-state index is 0.0596. The number of aliphatic hydroxyl groups excluding tert-OH is 1. The maximum absolute atomic E-state index is 12.4. The minimum Gasteiger partial charge on any atom is -0.507 e. The number of amides is 1. The average molecular weight is 377 g/mol. The summed E-state index contributed by atoms with van der Waals surface area (Å²) in [5.74, 6) is -0.256. The van der Waals surface area contributed by atoms with Crippen LogP contribution in [-0.4, -0.2) is 22.3 Å². The molecule has 1 amide bonds. The smallest absolute Gasteiger partial charge is 0.257 e. The Kier molecular flexibility index (Phi) is 6.65. The van der Waals surface area contributed by atoms with Gasteiger partial charge in [-0.05, 0) is 42.2 Å². The zero-order valence-corrected chi connectivity index (χ0v) is 15.4. The number of aryl methyl sites for hydroxylation is 1. The number of hydrogen-bond acceptors (Lipinski definition) is 4. The van der Waals surface area contributed by atoms with Crippen LogP contribution >= 0.6 is 0 Å². The lowest BCUT2D eigenvalue weighted by atomic mass is 10.1. The molecule has 0 spiro atoms. The van der Waals surface area contributed by atoms with Gasteiger partial charge in [-0.25, -0.2) is 0 Å². The summed E-state index contributed by atoms with van der Waals surface area (Å²) in [6.07, 6.45) is -0.00383. The highest BCUT2D eigenvalue weighted by Crippen LogP contribution is 2.24. The normalized spacial score (nSPS) is 11.6. The lowest BCUT2D eigenvalue weighted by molar-refractivity contribution is 0.0763. The van der Waals surface area contributed by atoms with E-state index in [0.717, 1.165) is 11.1 Å². The van der Waals surface area contributed by atoms with Gasteiger partial charge in [0, 0.05) is 0 Å². The summed E-state index contributed by atoms with van der Waals surface area (Å²) in [6, 6.07) is 23.8. The lowest BCUT2D eigenvalue weighted by Crippen LogP contribution is -2.35. The fourth-order valence-electron chi connectivity index (χ4n) is 2.78. The topological polar surface area (TPSA) is 78.8 Å². The molecule has 0 fully saturated rings. The van der Waals surface area contributed by atoms with Gasteiger partial charge in [-0.3, -0.25) is 4.79 Å². The van der Waals surface area contributed by atoms with Crippen molar-refractivity contribution in [2.75, 3.05) is 0 Å². The first-order valence-electron chi connectivity index (χ1n) is 9.14. The molecule has 0 heterocycles. The molecule has 0 aliphatic heterocycles. The van der Waals surface area contributed by atoms with Crippen molar-refractivity contribution in [3.8, 4) is 11.5 Å². The largest absolute Gasteiger partial charge is 0.507 e. The molecule has 0 aliphatic rings. The summed E-state index contributed by atoms with van der Waals surface area (Å²) in [7, 11) is 0. The molecule has 1 atom stereocenters. The lowest BCUT2D eigenvalue weighted by Gasteiger charge is -2.14. The van der Waals surface area contributed by atoms with Crippen molar-refractivity contribution in [1.82, 2.24) is 5.32 Å². The minimum atomic E-state index is -1.01. The fourth-order valence-corrected chi connectivity index (χ4v) is 2.78. The van der Waals surface area contributed by atoms with E-state index in [4.69, 9.17) is 4.74 Å². The fraction of sp³-hybridized carbons (Fsp3) is 0.174. The van der Waals surface area contributed by atoms with Crippen molar-refractivity contribution in [2.24, 2.45) is 0 Å². The predicted octanol–water partition coefficient (Wildman–Crippen LogP) is 3.65. The van der Waals surface area contributed by atoms with Crippen LogP contribution in [0.5, 0.6) is 11.5 Å². The van der Waals surface area contributed by atoms with Gasteiger partial charge in [0.05, 0.1) is 5.56 Å². The van der Waals surface area contributed by atoms with Crippen molar-refractivity contribution in [3.05, 3.63) is 95.6 Å². The molecule has 0 aromatic heterocycles. The second-order valence-electron chi connectivity index (χ2n) is 6.47. The third kappa shape index (κ3) is 5.59. The molecule has 3 N–H and O–H groups in total. The molecule has 0 saturated carbocycles. The number of aromatic hydroxyl groups is 1. The summed E-state index contributed by atoms with van der Waals surface area (Å²) >= 11 is 0. The Balaban J connectivity index is 1.57. The molecule has 144 valence electrons. The first-order chi connectivity index (χ1) is 13.6. The molecule has 28 heavy (non-hydrogen) atoms. The van der Waals surface area contributed by atoms with Crippen LogP contribution in [-0.2, 0) is 13.0 Å². The number of phenolic OH excluding ortho intramolecular Hbond substituents is 1. The van der Waals surface area contributed by atoms with Gasteiger partial charge in [0.1, 0.15) is 24.3 Å². The Morgan fingerprint density at radius 2 is 1.57 bits per heavy atom. The summed E-state index contributed by atoms with van der Waals surface area (Å²) in [4.78, 5) is 12.4. The number of hydrogen-bond donors (Lipinski definition) is 3. The van der Waals surface area contributed by atoms with Crippen molar-refractivity contribution in [2.45, 2.75) is 25.7 Å². The van der Waals surface area contributed by atoms with Gasteiger partial charge in [0.2, 0.25) is 0 Å². The quantitative estimate of drug-likeness (QED) is 0.524.